The van der Waals surface area contributed by atoms with Gasteiger partial charge < -0.3 is 10.1 Å². The summed E-state index contributed by atoms with van der Waals surface area (Å²) < 4.78 is 17.7. The summed E-state index contributed by atoms with van der Waals surface area (Å²) in [6.45, 7) is 1.72. The van der Waals surface area contributed by atoms with Crippen molar-refractivity contribution in [1.29, 1.82) is 0 Å². The lowest BCUT2D eigenvalue weighted by Crippen LogP contribution is -2.14. The number of nitrogens with zero attached hydrogens (tertiary/aromatic N) is 1. The van der Waals surface area contributed by atoms with Crippen LogP contribution in [0.3, 0.4) is 0 Å². The highest BCUT2D eigenvalue weighted by molar-refractivity contribution is 5.99. The number of carbonyl (C=O) groups is 2. The minimum Gasteiger partial charge on any atom is -0.454 e. The van der Waals surface area contributed by atoms with Crippen LogP contribution in [0.15, 0.2) is 42.5 Å². The zero-order valence-corrected chi connectivity index (χ0v) is 13.3. The van der Waals surface area contributed by atoms with E-state index in [-0.39, 0.29) is 22.5 Å². The third kappa shape index (κ3) is 4.60. The van der Waals surface area contributed by atoms with Gasteiger partial charge in [0, 0.05) is 18.2 Å². The van der Waals surface area contributed by atoms with Crippen LogP contribution < -0.4 is 5.32 Å². The molecule has 0 heterocycles. The van der Waals surface area contributed by atoms with Crippen LogP contribution in [-0.2, 0) is 4.74 Å². The number of Topliss-reactive ketones (excluding diaryl/α,β-unsaturated/α-hetero) is 1. The quantitative estimate of drug-likeness (QED) is 0.358. The van der Waals surface area contributed by atoms with Crippen molar-refractivity contribution in [1.82, 2.24) is 0 Å². The fourth-order valence-electron chi connectivity index (χ4n) is 2.08. The molecule has 2 aromatic rings. The van der Waals surface area contributed by atoms with Gasteiger partial charge in [-0.1, -0.05) is 0 Å². The largest absolute Gasteiger partial charge is 0.454 e. The number of benzene rings is 2. The van der Waals surface area contributed by atoms with Crippen molar-refractivity contribution in [2.75, 3.05) is 18.5 Å². The van der Waals surface area contributed by atoms with Crippen molar-refractivity contribution in [3.63, 3.8) is 0 Å². The molecule has 130 valence electrons. The Labute approximate surface area is 142 Å². The standard InChI is InChI=1S/C17H15FN2O5/c1-2-19-14-8-5-12(9-15(14)20(23)24)17(22)25-10-16(21)11-3-6-13(18)7-4-11/h3-9,19H,2,10H2,1H3. The van der Waals surface area contributed by atoms with Crippen molar-refractivity contribution < 1.29 is 23.6 Å². The number of rotatable bonds is 7. The van der Waals surface area contributed by atoms with Crippen LogP contribution in [0.4, 0.5) is 15.8 Å². The van der Waals surface area contributed by atoms with Gasteiger partial charge in [-0.2, -0.15) is 0 Å². The molecule has 7 nitrogen and oxygen atoms in total. The van der Waals surface area contributed by atoms with E-state index in [1.54, 1.807) is 6.92 Å². The molecule has 0 saturated heterocycles. The first-order valence-electron chi connectivity index (χ1n) is 7.40. The number of nitrogens with one attached hydrogen (secondary N) is 1. The first-order chi connectivity index (χ1) is 11.9. The van der Waals surface area contributed by atoms with Gasteiger partial charge in [-0.15, -0.1) is 0 Å². The van der Waals surface area contributed by atoms with Gasteiger partial charge in [-0.05, 0) is 43.3 Å². The fourth-order valence-corrected chi connectivity index (χ4v) is 2.08. The van der Waals surface area contributed by atoms with Crippen LogP contribution in [0.2, 0.25) is 0 Å². The second-order valence-electron chi connectivity index (χ2n) is 5.03. The Morgan fingerprint density at radius 3 is 2.40 bits per heavy atom. The molecule has 0 radical (unpaired) electrons. The average molecular weight is 346 g/mol. The van der Waals surface area contributed by atoms with Crippen molar-refractivity contribution in [3.05, 3.63) is 69.5 Å². The molecular formula is C17H15FN2O5. The third-order valence-electron chi connectivity index (χ3n) is 3.30. The number of carbonyl (C=O) groups excluding carboxylic acids is 2. The van der Waals surface area contributed by atoms with Gasteiger partial charge >= 0.3 is 5.97 Å². The lowest BCUT2D eigenvalue weighted by atomic mass is 10.1. The zero-order valence-electron chi connectivity index (χ0n) is 13.3. The molecule has 2 aromatic carbocycles. The Morgan fingerprint density at radius 1 is 1.16 bits per heavy atom. The van der Waals surface area contributed by atoms with Gasteiger partial charge in [0.05, 0.1) is 10.5 Å². The first-order valence-corrected chi connectivity index (χ1v) is 7.40. The number of hydrogen-bond acceptors (Lipinski definition) is 6. The maximum absolute atomic E-state index is 12.8. The molecule has 0 amide bonds. The first kappa shape index (κ1) is 18.1. The minimum atomic E-state index is -0.860. The van der Waals surface area contributed by atoms with Gasteiger partial charge in [0.1, 0.15) is 11.5 Å². The van der Waals surface area contributed by atoms with Crippen LogP contribution in [0.5, 0.6) is 0 Å². The Hall–Kier alpha value is -3.29. The van der Waals surface area contributed by atoms with Gasteiger partial charge in [-0.3, -0.25) is 14.9 Å². The average Bonchev–Trinajstić information content (AvgIpc) is 2.60. The predicted octanol–water partition coefficient (Wildman–Crippen LogP) is 3.21. The Morgan fingerprint density at radius 2 is 1.80 bits per heavy atom. The van der Waals surface area contributed by atoms with Gasteiger partial charge in [0.2, 0.25) is 0 Å². The van der Waals surface area contributed by atoms with E-state index in [0.717, 1.165) is 18.2 Å². The molecule has 0 aliphatic rings. The monoisotopic (exact) mass is 346 g/mol. The van der Waals surface area contributed by atoms with Crippen LogP contribution in [0.25, 0.3) is 0 Å². The number of hydrogen-bond donors (Lipinski definition) is 1. The van der Waals surface area contributed by atoms with E-state index in [1.165, 1.54) is 24.3 Å². The summed E-state index contributed by atoms with van der Waals surface area (Å²) >= 11 is 0. The molecule has 1 N–H and O–H groups in total. The highest BCUT2D eigenvalue weighted by Crippen LogP contribution is 2.25. The molecule has 0 saturated carbocycles. The summed E-state index contributed by atoms with van der Waals surface area (Å²) in [6.07, 6.45) is 0. The molecule has 0 atom stereocenters. The van der Waals surface area contributed by atoms with Gasteiger partial charge in [0.15, 0.2) is 12.4 Å². The fraction of sp³-hybridized carbons (Fsp3) is 0.176. The summed E-state index contributed by atoms with van der Waals surface area (Å²) in [5.41, 5.74) is 0.176. The number of nitro benzene ring substituents is 1. The van der Waals surface area contributed by atoms with Gasteiger partial charge in [-0.25, -0.2) is 9.18 Å². The molecule has 0 aliphatic heterocycles. The molecule has 25 heavy (non-hydrogen) atoms. The molecule has 0 aromatic heterocycles. The zero-order chi connectivity index (χ0) is 18.4. The van der Waals surface area contributed by atoms with Crippen molar-refractivity contribution >= 4 is 23.1 Å². The Bertz CT molecular complexity index is 805. The normalized spacial score (nSPS) is 10.2. The maximum atomic E-state index is 12.8. The number of ketones is 1. The topological polar surface area (TPSA) is 98.5 Å². The maximum Gasteiger partial charge on any atom is 0.338 e. The van der Waals surface area contributed by atoms with Crippen LogP contribution >= 0.6 is 0 Å². The lowest BCUT2D eigenvalue weighted by molar-refractivity contribution is -0.384. The Balaban J connectivity index is 2.07. The molecule has 8 heteroatoms. The summed E-state index contributed by atoms with van der Waals surface area (Å²) in [5.74, 6) is -1.85. The number of esters is 1. The number of halogens is 1. The predicted molar refractivity (Wildman–Crippen MR) is 88.3 cm³/mol. The smallest absolute Gasteiger partial charge is 0.338 e. The molecule has 0 unspecified atom stereocenters. The van der Waals surface area contributed by atoms with Crippen molar-refractivity contribution in [3.8, 4) is 0 Å². The van der Waals surface area contributed by atoms with Crippen molar-refractivity contribution in [2.24, 2.45) is 0 Å². The SMILES string of the molecule is CCNc1ccc(C(=O)OCC(=O)c2ccc(F)cc2)cc1[N+](=O)[O-]. The summed E-state index contributed by atoms with van der Waals surface area (Å²) in [6, 6.07) is 8.66. The number of ether oxygens (including phenoxy) is 1. The van der Waals surface area contributed by atoms with Crippen LogP contribution in [0, 0.1) is 15.9 Å². The van der Waals surface area contributed by atoms with E-state index in [0.29, 0.717) is 6.54 Å². The molecule has 0 aliphatic carbocycles. The highest BCUT2D eigenvalue weighted by atomic mass is 19.1. The van der Waals surface area contributed by atoms with E-state index in [4.69, 9.17) is 4.74 Å². The summed E-state index contributed by atoms with van der Waals surface area (Å²) in [7, 11) is 0. The number of anilines is 1. The van der Waals surface area contributed by atoms with Crippen molar-refractivity contribution in [2.45, 2.75) is 6.92 Å². The third-order valence-corrected chi connectivity index (χ3v) is 3.30. The molecule has 2 rings (SSSR count). The summed E-state index contributed by atoms with van der Waals surface area (Å²) in [5, 5.41) is 13.9. The molecule has 0 fully saturated rings. The van der Waals surface area contributed by atoms with E-state index in [2.05, 4.69) is 5.32 Å². The van der Waals surface area contributed by atoms with E-state index in [1.807, 2.05) is 0 Å². The molecule has 0 bridgehead atoms. The second-order valence-corrected chi connectivity index (χ2v) is 5.03. The molecule has 0 spiro atoms. The highest BCUT2D eigenvalue weighted by Gasteiger charge is 2.19. The van der Waals surface area contributed by atoms with E-state index < -0.39 is 29.1 Å². The minimum absolute atomic E-state index is 0.0414. The second kappa shape index (κ2) is 8.00. The van der Waals surface area contributed by atoms with E-state index >= 15 is 0 Å². The van der Waals surface area contributed by atoms with E-state index in [9.17, 15) is 24.1 Å². The van der Waals surface area contributed by atoms with Crippen LogP contribution in [-0.4, -0.2) is 29.8 Å². The van der Waals surface area contributed by atoms with Gasteiger partial charge in [0.25, 0.3) is 5.69 Å². The molecular weight excluding hydrogens is 331 g/mol. The van der Waals surface area contributed by atoms with Crippen LogP contribution in [0.1, 0.15) is 27.6 Å². The Kier molecular flexibility index (Phi) is 5.78. The summed E-state index contributed by atoms with van der Waals surface area (Å²) in [4.78, 5) is 34.4. The number of nitro groups is 1. The lowest BCUT2D eigenvalue weighted by Gasteiger charge is -2.07.